The highest BCUT2D eigenvalue weighted by Crippen LogP contribution is 2.44. The second kappa shape index (κ2) is 12.0. The van der Waals surface area contributed by atoms with E-state index in [1.54, 1.807) is 6.07 Å². The first-order valence-corrected chi connectivity index (χ1v) is 13.1. The topological polar surface area (TPSA) is 45.2 Å². The van der Waals surface area contributed by atoms with Crippen LogP contribution in [0.25, 0.3) is 0 Å². The molecule has 7 heteroatoms. The van der Waals surface area contributed by atoms with Crippen molar-refractivity contribution in [2.45, 2.75) is 78.4 Å². The second-order valence-corrected chi connectivity index (χ2v) is 11.5. The number of pyridine rings is 1. The number of aromatic nitrogens is 1. The summed E-state index contributed by atoms with van der Waals surface area (Å²) >= 11 is 0. The lowest BCUT2D eigenvalue weighted by atomic mass is 9.69. The van der Waals surface area contributed by atoms with Crippen molar-refractivity contribution < 1.29 is 18.0 Å². The van der Waals surface area contributed by atoms with Crippen LogP contribution in [0.3, 0.4) is 0 Å². The summed E-state index contributed by atoms with van der Waals surface area (Å²) in [5.41, 5.74) is 0.888. The van der Waals surface area contributed by atoms with E-state index in [1.165, 1.54) is 6.20 Å². The van der Waals surface area contributed by atoms with E-state index in [0.717, 1.165) is 56.0 Å². The van der Waals surface area contributed by atoms with E-state index in [9.17, 15) is 18.0 Å². The maximum absolute atomic E-state index is 13.5. The summed E-state index contributed by atoms with van der Waals surface area (Å²) in [5, 5.41) is 3.37. The zero-order chi connectivity index (χ0) is 25.9. The summed E-state index contributed by atoms with van der Waals surface area (Å²) in [6.45, 7) is 9.17. The minimum Gasteiger partial charge on any atom is -0.339 e. The van der Waals surface area contributed by atoms with Crippen molar-refractivity contribution >= 4 is 5.91 Å². The van der Waals surface area contributed by atoms with Crippen molar-refractivity contribution in [3.63, 3.8) is 0 Å². The molecule has 4 rings (SSSR count). The fraction of sp³-hybridized carbons (Fsp3) is 0.600. The van der Waals surface area contributed by atoms with Gasteiger partial charge in [0.1, 0.15) is 5.69 Å². The Balaban J connectivity index is 0.00000380. The van der Waals surface area contributed by atoms with Gasteiger partial charge in [-0.2, -0.15) is 13.2 Å². The number of carbonyl (C=O) groups is 1. The normalized spacial score (nSPS) is 22.3. The molecule has 3 heterocycles. The van der Waals surface area contributed by atoms with E-state index in [4.69, 9.17) is 0 Å². The Morgan fingerprint density at radius 3 is 2.27 bits per heavy atom. The maximum Gasteiger partial charge on any atom is 0.433 e. The number of hydrogen-bond donors (Lipinski definition) is 1. The SMILES string of the molecule is C.CC(C)(C)[C@H]1CC(C(c2ccccc2)c2ccc(C(F)(F)F)nc2)CCN1C(=O)CC1CCNCC1. The van der Waals surface area contributed by atoms with Crippen LogP contribution in [0.5, 0.6) is 0 Å². The molecule has 1 amide bonds. The highest BCUT2D eigenvalue weighted by molar-refractivity contribution is 5.77. The first-order valence-electron chi connectivity index (χ1n) is 13.1. The van der Waals surface area contributed by atoms with Gasteiger partial charge in [0.15, 0.2) is 0 Å². The highest BCUT2D eigenvalue weighted by Gasteiger charge is 2.42. The summed E-state index contributed by atoms with van der Waals surface area (Å²) in [5.74, 6) is 0.797. The van der Waals surface area contributed by atoms with Gasteiger partial charge in [0, 0.05) is 31.1 Å². The lowest BCUT2D eigenvalue weighted by molar-refractivity contribution is -0.141. The van der Waals surface area contributed by atoms with Crippen molar-refractivity contribution in [1.29, 1.82) is 0 Å². The van der Waals surface area contributed by atoms with Crippen LogP contribution in [0.1, 0.15) is 83.0 Å². The Bertz CT molecular complexity index is 995. The smallest absolute Gasteiger partial charge is 0.339 e. The number of likely N-dealkylation sites (tertiary alicyclic amines) is 1. The van der Waals surface area contributed by atoms with Crippen LogP contribution < -0.4 is 5.32 Å². The molecule has 4 nitrogen and oxygen atoms in total. The van der Waals surface area contributed by atoms with E-state index in [0.29, 0.717) is 18.9 Å². The predicted molar refractivity (Wildman–Crippen MR) is 142 cm³/mol. The molecule has 1 aromatic heterocycles. The van der Waals surface area contributed by atoms with Crippen LogP contribution in [0.15, 0.2) is 48.7 Å². The number of nitrogens with one attached hydrogen (secondary N) is 1. The van der Waals surface area contributed by atoms with Gasteiger partial charge < -0.3 is 10.2 Å². The Hall–Kier alpha value is -2.41. The van der Waals surface area contributed by atoms with Crippen molar-refractivity contribution in [2.24, 2.45) is 17.3 Å². The van der Waals surface area contributed by atoms with Gasteiger partial charge in [0.2, 0.25) is 5.91 Å². The standard InChI is InChI=1S/C29H38F3N3O.CH4/c1-28(2,3)25-18-22(13-16-35(25)26(36)17-20-11-14-33-15-12-20)27(21-7-5-4-6-8-21)23-9-10-24(34-19-23)29(30,31)32;/h4-10,19-20,22,25,27,33H,11-18H2,1-3H3;1H4/t22?,25-,27?;/m1./s1. The van der Waals surface area contributed by atoms with E-state index < -0.39 is 11.9 Å². The summed E-state index contributed by atoms with van der Waals surface area (Å²) in [7, 11) is 0. The molecule has 0 bridgehead atoms. The maximum atomic E-state index is 13.5. The zero-order valence-electron chi connectivity index (χ0n) is 21.5. The van der Waals surface area contributed by atoms with Crippen LogP contribution >= 0.6 is 0 Å². The van der Waals surface area contributed by atoms with E-state index >= 15 is 0 Å². The average molecular weight is 518 g/mol. The molecule has 0 radical (unpaired) electrons. The molecular weight excluding hydrogens is 475 g/mol. The van der Waals surface area contributed by atoms with Gasteiger partial charge in [-0.15, -0.1) is 0 Å². The van der Waals surface area contributed by atoms with Gasteiger partial charge in [-0.25, -0.2) is 0 Å². The molecule has 2 aromatic rings. The van der Waals surface area contributed by atoms with Crippen LogP contribution in [-0.2, 0) is 11.0 Å². The first-order chi connectivity index (χ1) is 17.0. The van der Waals surface area contributed by atoms with Crippen molar-refractivity contribution in [3.05, 3.63) is 65.5 Å². The lowest BCUT2D eigenvalue weighted by Gasteiger charge is -2.48. The number of benzene rings is 1. The predicted octanol–water partition coefficient (Wildman–Crippen LogP) is 6.91. The summed E-state index contributed by atoms with van der Waals surface area (Å²) in [6.07, 6.45) is 1.23. The van der Waals surface area contributed by atoms with Gasteiger partial charge in [0.05, 0.1) is 0 Å². The van der Waals surface area contributed by atoms with Crippen LogP contribution in [-0.4, -0.2) is 41.5 Å². The third-order valence-electron chi connectivity index (χ3n) is 7.95. The van der Waals surface area contributed by atoms with Crippen LogP contribution in [0.4, 0.5) is 13.2 Å². The number of piperidine rings is 2. The lowest BCUT2D eigenvalue weighted by Crippen LogP contribution is -2.53. The first kappa shape index (κ1) is 29.2. The minimum atomic E-state index is -4.46. The quantitative estimate of drug-likeness (QED) is 0.469. The second-order valence-electron chi connectivity index (χ2n) is 11.5. The molecule has 2 fully saturated rings. The van der Waals surface area contributed by atoms with E-state index in [1.807, 2.05) is 30.3 Å². The van der Waals surface area contributed by atoms with Crippen molar-refractivity contribution in [1.82, 2.24) is 15.2 Å². The van der Waals surface area contributed by atoms with Crippen LogP contribution in [0, 0.1) is 17.3 Å². The molecule has 2 aliphatic rings. The summed E-state index contributed by atoms with van der Waals surface area (Å²) in [6, 6.07) is 12.7. The Kier molecular flexibility index (Phi) is 9.43. The number of nitrogens with zero attached hydrogens (tertiary/aromatic N) is 2. The number of amides is 1. The number of hydrogen-bond acceptors (Lipinski definition) is 3. The molecule has 0 spiro atoms. The van der Waals surface area contributed by atoms with Gasteiger partial charge in [0.25, 0.3) is 0 Å². The van der Waals surface area contributed by atoms with E-state index in [2.05, 4.69) is 36.0 Å². The van der Waals surface area contributed by atoms with E-state index in [-0.39, 0.29) is 36.6 Å². The van der Waals surface area contributed by atoms with Gasteiger partial charge >= 0.3 is 6.18 Å². The molecule has 37 heavy (non-hydrogen) atoms. The third kappa shape index (κ3) is 7.13. The van der Waals surface area contributed by atoms with Gasteiger partial charge in [-0.05, 0) is 73.2 Å². The molecular formula is C30H42F3N3O. The molecule has 0 saturated carbocycles. The zero-order valence-corrected chi connectivity index (χ0v) is 21.5. The fourth-order valence-corrected chi connectivity index (χ4v) is 6.02. The highest BCUT2D eigenvalue weighted by atomic mass is 19.4. The van der Waals surface area contributed by atoms with Crippen LogP contribution in [0.2, 0.25) is 0 Å². The summed E-state index contributed by atoms with van der Waals surface area (Å²) < 4.78 is 39.5. The minimum absolute atomic E-state index is 0. The molecule has 204 valence electrons. The van der Waals surface area contributed by atoms with Crippen molar-refractivity contribution in [2.75, 3.05) is 19.6 Å². The Labute approximate surface area is 220 Å². The van der Waals surface area contributed by atoms with Gasteiger partial charge in [-0.1, -0.05) is 64.6 Å². The molecule has 0 aliphatic carbocycles. The van der Waals surface area contributed by atoms with Crippen molar-refractivity contribution in [3.8, 4) is 0 Å². The molecule has 3 atom stereocenters. The number of halogens is 3. The number of alkyl halides is 3. The van der Waals surface area contributed by atoms with Gasteiger partial charge in [-0.3, -0.25) is 9.78 Å². The molecule has 2 saturated heterocycles. The summed E-state index contributed by atoms with van der Waals surface area (Å²) in [4.78, 5) is 19.3. The third-order valence-corrected chi connectivity index (χ3v) is 7.95. The number of rotatable bonds is 5. The fourth-order valence-electron chi connectivity index (χ4n) is 6.02. The molecule has 1 aromatic carbocycles. The average Bonchev–Trinajstić information content (AvgIpc) is 2.85. The number of carbonyl (C=O) groups excluding carboxylic acids is 1. The molecule has 2 aliphatic heterocycles. The monoisotopic (exact) mass is 517 g/mol. The largest absolute Gasteiger partial charge is 0.433 e. The Morgan fingerprint density at radius 1 is 1.03 bits per heavy atom. The molecule has 1 N–H and O–H groups in total. The molecule has 2 unspecified atom stereocenters. The Morgan fingerprint density at radius 2 is 1.70 bits per heavy atom.